The SMILES string of the molecule is CC(C)(C)c1ccc(-c2cc3nc4c5ccccc5c5cc(N6c7ccccc7-n7c8ccc(C#N)cc8c8cccc6c87)ccc5c4nc3cc2-c2ccc(C(C)(C)C)cc2)cc1. The molecule has 5 nitrogen and oxygen atoms in total. The van der Waals surface area contributed by atoms with Crippen molar-refractivity contribution in [2.75, 3.05) is 4.90 Å². The monoisotopic (exact) mass is 823 g/mol. The second-order valence-electron chi connectivity index (χ2n) is 19.4. The summed E-state index contributed by atoms with van der Waals surface area (Å²) in [5.74, 6) is 0. The minimum Gasteiger partial charge on any atom is -0.306 e. The summed E-state index contributed by atoms with van der Waals surface area (Å²) < 4.78 is 2.36. The van der Waals surface area contributed by atoms with Gasteiger partial charge in [0.25, 0.3) is 0 Å². The van der Waals surface area contributed by atoms with Gasteiger partial charge in [-0.05, 0) is 116 Å². The largest absolute Gasteiger partial charge is 0.306 e. The molecule has 0 N–H and O–H groups in total. The first-order chi connectivity index (χ1) is 30.9. The van der Waals surface area contributed by atoms with Gasteiger partial charge in [-0.25, -0.2) is 9.97 Å². The van der Waals surface area contributed by atoms with Gasteiger partial charge in [0.1, 0.15) is 0 Å². The smallest absolute Gasteiger partial charge is 0.0991 e. The van der Waals surface area contributed by atoms with Crippen molar-refractivity contribution in [1.82, 2.24) is 14.5 Å². The highest BCUT2D eigenvalue weighted by molar-refractivity contribution is 6.25. The third-order valence-corrected chi connectivity index (χ3v) is 13.4. The number of anilines is 3. The van der Waals surface area contributed by atoms with Crippen molar-refractivity contribution in [1.29, 1.82) is 5.26 Å². The molecular formula is C59H45N5. The predicted octanol–water partition coefficient (Wildman–Crippen LogP) is 15.8. The Morgan fingerprint density at radius 1 is 0.453 bits per heavy atom. The van der Waals surface area contributed by atoms with E-state index in [0.29, 0.717) is 5.56 Å². The Morgan fingerprint density at radius 3 is 1.61 bits per heavy atom. The highest BCUT2D eigenvalue weighted by Gasteiger charge is 2.29. The number of rotatable bonds is 3. The fraction of sp³-hybridized carbons (Fsp3) is 0.136. The van der Waals surface area contributed by atoms with E-state index in [1.165, 1.54) is 11.1 Å². The highest BCUT2D eigenvalue weighted by Crippen LogP contribution is 2.50. The van der Waals surface area contributed by atoms with Crippen molar-refractivity contribution in [2.24, 2.45) is 0 Å². The quantitative estimate of drug-likeness (QED) is 0.132. The van der Waals surface area contributed by atoms with Crippen molar-refractivity contribution >= 4 is 82.5 Å². The van der Waals surface area contributed by atoms with Crippen molar-refractivity contribution in [3.63, 3.8) is 0 Å². The summed E-state index contributed by atoms with van der Waals surface area (Å²) in [5.41, 5.74) is 18.0. The molecule has 0 spiro atoms. The van der Waals surface area contributed by atoms with Crippen molar-refractivity contribution in [2.45, 2.75) is 52.4 Å². The summed E-state index contributed by atoms with van der Waals surface area (Å²) in [6.45, 7) is 13.6. The van der Waals surface area contributed by atoms with Crippen LogP contribution in [-0.4, -0.2) is 14.5 Å². The van der Waals surface area contributed by atoms with E-state index in [4.69, 9.17) is 9.97 Å². The normalized spacial score (nSPS) is 12.8. The summed E-state index contributed by atoms with van der Waals surface area (Å²) in [7, 11) is 0. The van der Waals surface area contributed by atoms with Gasteiger partial charge in [-0.2, -0.15) is 5.26 Å². The number of nitrogens with zero attached hydrogens (tertiary/aromatic N) is 5. The van der Waals surface area contributed by atoms with E-state index in [1.54, 1.807) is 0 Å². The molecule has 5 heteroatoms. The maximum Gasteiger partial charge on any atom is 0.0991 e. The van der Waals surface area contributed by atoms with Crippen LogP contribution in [-0.2, 0) is 10.8 Å². The Morgan fingerprint density at radius 2 is 1.00 bits per heavy atom. The molecule has 1 aliphatic heterocycles. The van der Waals surface area contributed by atoms with E-state index in [9.17, 15) is 5.26 Å². The van der Waals surface area contributed by atoms with Crippen LogP contribution in [0.15, 0.2) is 164 Å². The zero-order chi connectivity index (χ0) is 43.6. The summed E-state index contributed by atoms with van der Waals surface area (Å²) in [4.78, 5) is 13.5. The van der Waals surface area contributed by atoms with Crippen LogP contribution in [0.2, 0.25) is 0 Å². The summed E-state index contributed by atoms with van der Waals surface area (Å²) in [5, 5.41) is 16.4. The molecule has 0 unspecified atom stereocenters. The summed E-state index contributed by atoms with van der Waals surface area (Å²) in [6.07, 6.45) is 0. The predicted molar refractivity (Wildman–Crippen MR) is 268 cm³/mol. The Kier molecular flexibility index (Phi) is 8.05. The molecule has 0 saturated carbocycles. The summed E-state index contributed by atoms with van der Waals surface area (Å²) >= 11 is 0. The average Bonchev–Trinajstić information content (AvgIpc) is 3.65. The van der Waals surface area contributed by atoms with Crippen LogP contribution in [0.25, 0.3) is 93.4 Å². The van der Waals surface area contributed by atoms with Crippen LogP contribution >= 0.6 is 0 Å². The molecule has 11 aromatic rings. The minimum atomic E-state index is 0.0510. The van der Waals surface area contributed by atoms with Gasteiger partial charge in [-0.15, -0.1) is 0 Å². The molecule has 0 saturated heterocycles. The highest BCUT2D eigenvalue weighted by atomic mass is 15.2. The molecule has 0 bridgehead atoms. The van der Waals surface area contributed by atoms with Crippen molar-refractivity contribution in [3.8, 4) is 34.0 Å². The molecule has 306 valence electrons. The second-order valence-corrected chi connectivity index (χ2v) is 19.4. The molecule has 3 heterocycles. The van der Waals surface area contributed by atoms with E-state index >= 15 is 0 Å². The molecular weight excluding hydrogens is 779 g/mol. The van der Waals surface area contributed by atoms with Crippen LogP contribution in [0.5, 0.6) is 0 Å². The van der Waals surface area contributed by atoms with Crippen LogP contribution in [0, 0.1) is 11.3 Å². The number of para-hydroxylation sites is 3. The zero-order valence-corrected chi connectivity index (χ0v) is 36.8. The Labute approximate surface area is 372 Å². The van der Waals surface area contributed by atoms with Gasteiger partial charge in [-0.1, -0.05) is 145 Å². The number of benzene rings is 9. The molecule has 12 rings (SSSR count). The third kappa shape index (κ3) is 5.69. The number of nitriles is 1. The molecule has 2 aromatic heterocycles. The molecule has 0 aliphatic carbocycles. The van der Waals surface area contributed by atoms with Gasteiger partial charge in [0.15, 0.2) is 0 Å². The second kappa shape index (κ2) is 13.6. The number of aromatic nitrogens is 3. The molecule has 0 amide bonds. The van der Waals surface area contributed by atoms with Gasteiger partial charge in [-0.3, -0.25) is 0 Å². The van der Waals surface area contributed by atoms with E-state index in [0.717, 1.165) is 110 Å². The fourth-order valence-corrected chi connectivity index (χ4v) is 10.1. The van der Waals surface area contributed by atoms with Crippen molar-refractivity contribution in [3.05, 3.63) is 180 Å². The molecule has 0 radical (unpaired) electrons. The Bertz CT molecular complexity index is 3800. The lowest BCUT2D eigenvalue weighted by molar-refractivity contribution is 0.590. The van der Waals surface area contributed by atoms with Crippen molar-refractivity contribution < 1.29 is 0 Å². The summed E-state index contributed by atoms with van der Waals surface area (Å²) in [6, 6.07) is 61.5. The number of hydrogen-bond donors (Lipinski definition) is 0. The molecule has 0 atom stereocenters. The standard InChI is InChI=1S/C59H45N5/c1-58(2,3)38-23-19-36(20-24-38)45-32-49-50(33-46(45)37-21-25-39(26-22-37)59(4,5)6)62-56-43-28-27-40(31-47(43)41-12-7-8-13-42(41)55(56)61-49)63-52-15-9-10-16-53(52)64-51-29-18-35(34-60)30-48(51)44-14-11-17-54(63)57(44)64/h7-33H,1-6H3. The number of hydrogen-bond acceptors (Lipinski definition) is 4. The minimum absolute atomic E-state index is 0.0510. The third-order valence-electron chi connectivity index (χ3n) is 13.4. The van der Waals surface area contributed by atoms with E-state index in [2.05, 4.69) is 209 Å². The van der Waals surface area contributed by atoms with Gasteiger partial charge in [0.2, 0.25) is 0 Å². The fourth-order valence-electron chi connectivity index (χ4n) is 10.1. The van der Waals surface area contributed by atoms with E-state index < -0.39 is 0 Å². The molecule has 0 fully saturated rings. The molecule has 9 aromatic carbocycles. The first-order valence-electron chi connectivity index (χ1n) is 22.1. The van der Waals surface area contributed by atoms with Crippen LogP contribution in [0.4, 0.5) is 17.1 Å². The zero-order valence-electron chi connectivity index (χ0n) is 36.8. The maximum atomic E-state index is 9.83. The van der Waals surface area contributed by atoms with Gasteiger partial charge < -0.3 is 9.47 Å². The van der Waals surface area contributed by atoms with Crippen LogP contribution in [0.3, 0.4) is 0 Å². The maximum absolute atomic E-state index is 9.83. The Hall–Kier alpha value is -7.81. The first-order valence-corrected chi connectivity index (χ1v) is 22.1. The topological polar surface area (TPSA) is 57.7 Å². The van der Waals surface area contributed by atoms with Crippen LogP contribution in [0.1, 0.15) is 58.2 Å². The van der Waals surface area contributed by atoms with Gasteiger partial charge in [0.05, 0.1) is 61.8 Å². The lowest BCUT2D eigenvalue weighted by Crippen LogP contribution is -2.18. The lowest BCUT2D eigenvalue weighted by Gasteiger charge is -2.33. The molecule has 64 heavy (non-hydrogen) atoms. The van der Waals surface area contributed by atoms with Gasteiger partial charge >= 0.3 is 0 Å². The Balaban J connectivity index is 1.09. The lowest BCUT2D eigenvalue weighted by atomic mass is 9.84. The van der Waals surface area contributed by atoms with E-state index in [1.807, 2.05) is 12.1 Å². The van der Waals surface area contributed by atoms with Crippen LogP contribution < -0.4 is 4.90 Å². The molecule has 1 aliphatic rings. The average molecular weight is 824 g/mol. The number of fused-ring (bicyclic) bond motifs is 12. The van der Waals surface area contributed by atoms with Gasteiger partial charge in [0, 0.05) is 27.2 Å². The van der Waals surface area contributed by atoms with E-state index in [-0.39, 0.29) is 10.8 Å². The first kappa shape index (κ1) is 37.9.